The van der Waals surface area contributed by atoms with E-state index in [1.807, 2.05) is 0 Å². The maximum absolute atomic E-state index is 3.65. The van der Waals surface area contributed by atoms with Crippen LogP contribution in [0.1, 0.15) is 39.5 Å². The van der Waals surface area contributed by atoms with Crippen LogP contribution in [0.15, 0.2) is 28.7 Å². The first-order valence-electron chi connectivity index (χ1n) is 6.07. The van der Waals surface area contributed by atoms with Crippen LogP contribution in [0.3, 0.4) is 0 Å². The van der Waals surface area contributed by atoms with Crippen molar-refractivity contribution in [3.63, 3.8) is 0 Å². The van der Waals surface area contributed by atoms with Crippen LogP contribution in [0.5, 0.6) is 0 Å². The van der Waals surface area contributed by atoms with Gasteiger partial charge in [-0.15, -0.1) is 0 Å². The molecule has 0 spiro atoms. The van der Waals surface area contributed by atoms with Gasteiger partial charge in [0.2, 0.25) is 0 Å². The second-order valence-corrected chi connectivity index (χ2v) is 6.53. The van der Waals surface area contributed by atoms with Crippen LogP contribution in [0.25, 0.3) is 0 Å². The van der Waals surface area contributed by atoms with E-state index in [4.69, 9.17) is 0 Å². The van der Waals surface area contributed by atoms with Gasteiger partial charge in [-0.25, -0.2) is 0 Å². The van der Waals surface area contributed by atoms with Crippen molar-refractivity contribution < 1.29 is 0 Å². The van der Waals surface area contributed by atoms with Crippen LogP contribution in [0.4, 0.5) is 5.69 Å². The summed E-state index contributed by atoms with van der Waals surface area (Å²) < 4.78 is 1.15. The molecule has 1 fully saturated rings. The van der Waals surface area contributed by atoms with Crippen molar-refractivity contribution >= 4 is 21.6 Å². The van der Waals surface area contributed by atoms with Gasteiger partial charge in [0.15, 0.2) is 0 Å². The molecule has 1 nitrogen and oxygen atoms in total. The number of anilines is 1. The molecule has 0 bridgehead atoms. The van der Waals surface area contributed by atoms with E-state index >= 15 is 0 Å². The van der Waals surface area contributed by atoms with E-state index in [0.29, 0.717) is 11.5 Å². The zero-order valence-corrected chi connectivity index (χ0v) is 11.7. The zero-order chi connectivity index (χ0) is 11.6. The molecule has 0 aliphatic heterocycles. The van der Waals surface area contributed by atoms with Crippen molar-refractivity contribution in [1.29, 1.82) is 0 Å². The van der Waals surface area contributed by atoms with Crippen LogP contribution in [-0.4, -0.2) is 6.04 Å². The molecule has 1 atom stereocenters. The predicted molar refractivity (Wildman–Crippen MR) is 73.8 cm³/mol. The monoisotopic (exact) mass is 281 g/mol. The standard InChI is InChI=1S/C14H20BrN/c1-14(2)8-4-7-13(10-14)16-12-6-3-5-11(15)9-12/h3,5-6,9,13,16H,4,7-8,10H2,1-2H3. The Morgan fingerprint density at radius 3 is 2.88 bits per heavy atom. The average Bonchev–Trinajstić information content (AvgIpc) is 2.15. The van der Waals surface area contributed by atoms with Crippen molar-refractivity contribution in [2.45, 2.75) is 45.6 Å². The minimum atomic E-state index is 0.502. The highest BCUT2D eigenvalue weighted by atomic mass is 79.9. The van der Waals surface area contributed by atoms with Gasteiger partial charge in [-0.1, -0.05) is 42.3 Å². The molecule has 0 heterocycles. The van der Waals surface area contributed by atoms with Crippen molar-refractivity contribution in [2.75, 3.05) is 5.32 Å². The van der Waals surface area contributed by atoms with Crippen LogP contribution in [0.2, 0.25) is 0 Å². The summed E-state index contributed by atoms with van der Waals surface area (Å²) in [6, 6.07) is 9.09. The Kier molecular flexibility index (Phi) is 3.58. The molecule has 16 heavy (non-hydrogen) atoms. The van der Waals surface area contributed by atoms with Gasteiger partial charge in [-0.2, -0.15) is 0 Å². The van der Waals surface area contributed by atoms with Gasteiger partial charge in [-0.05, 0) is 42.9 Å². The molecule has 88 valence electrons. The Hall–Kier alpha value is -0.500. The SMILES string of the molecule is CC1(C)CCCC(Nc2cccc(Br)c2)C1. The first-order valence-corrected chi connectivity index (χ1v) is 6.87. The Bertz CT molecular complexity index is 360. The van der Waals surface area contributed by atoms with Gasteiger partial charge in [0.1, 0.15) is 0 Å². The van der Waals surface area contributed by atoms with E-state index in [2.05, 4.69) is 59.4 Å². The summed E-state index contributed by atoms with van der Waals surface area (Å²) in [6.07, 6.45) is 5.29. The van der Waals surface area contributed by atoms with Gasteiger partial charge in [-0.3, -0.25) is 0 Å². The van der Waals surface area contributed by atoms with Crippen LogP contribution < -0.4 is 5.32 Å². The lowest BCUT2D eigenvalue weighted by atomic mass is 9.75. The summed E-state index contributed by atoms with van der Waals surface area (Å²) in [6.45, 7) is 4.75. The number of rotatable bonds is 2. The molecular weight excluding hydrogens is 262 g/mol. The van der Waals surface area contributed by atoms with Gasteiger partial charge in [0, 0.05) is 16.2 Å². The molecule has 1 aliphatic carbocycles. The van der Waals surface area contributed by atoms with Crippen LogP contribution in [-0.2, 0) is 0 Å². The molecular formula is C14H20BrN. The number of hydrogen-bond acceptors (Lipinski definition) is 1. The second-order valence-electron chi connectivity index (χ2n) is 5.61. The molecule has 0 amide bonds. The van der Waals surface area contributed by atoms with Crippen molar-refractivity contribution in [3.8, 4) is 0 Å². The van der Waals surface area contributed by atoms with Crippen molar-refractivity contribution in [3.05, 3.63) is 28.7 Å². The summed E-state index contributed by atoms with van der Waals surface area (Å²) in [5.74, 6) is 0. The number of halogens is 1. The molecule has 1 aromatic carbocycles. The van der Waals surface area contributed by atoms with Gasteiger partial charge >= 0.3 is 0 Å². The molecule has 0 radical (unpaired) electrons. The summed E-state index contributed by atoms with van der Waals surface area (Å²) in [7, 11) is 0. The highest BCUT2D eigenvalue weighted by molar-refractivity contribution is 9.10. The quantitative estimate of drug-likeness (QED) is 0.819. The van der Waals surface area contributed by atoms with E-state index in [0.717, 1.165) is 4.47 Å². The van der Waals surface area contributed by atoms with E-state index in [9.17, 15) is 0 Å². The van der Waals surface area contributed by atoms with Gasteiger partial charge in [0.25, 0.3) is 0 Å². The Balaban J connectivity index is 1.99. The van der Waals surface area contributed by atoms with Crippen molar-refractivity contribution in [1.82, 2.24) is 0 Å². The third-order valence-electron chi connectivity index (χ3n) is 3.40. The lowest BCUT2D eigenvalue weighted by Crippen LogP contribution is -2.31. The minimum absolute atomic E-state index is 0.502. The van der Waals surface area contributed by atoms with E-state index in [-0.39, 0.29) is 0 Å². The third-order valence-corrected chi connectivity index (χ3v) is 3.89. The lowest BCUT2D eigenvalue weighted by molar-refractivity contribution is 0.229. The first kappa shape index (κ1) is 12.0. The predicted octanol–water partition coefficient (Wildman–Crippen LogP) is 4.83. The first-order chi connectivity index (χ1) is 7.55. The van der Waals surface area contributed by atoms with Crippen molar-refractivity contribution in [2.24, 2.45) is 5.41 Å². The normalized spacial score (nSPS) is 24.1. The number of hydrogen-bond donors (Lipinski definition) is 1. The summed E-state index contributed by atoms with van der Waals surface area (Å²) in [5, 5.41) is 3.65. The summed E-state index contributed by atoms with van der Waals surface area (Å²) >= 11 is 3.51. The molecule has 2 heteroatoms. The van der Waals surface area contributed by atoms with E-state index < -0.39 is 0 Å². The molecule has 1 aromatic rings. The largest absolute Gasteiger partial charge is 0.382 e. The lowest BCUT2D eigenvalue weighted by Gasteiger charge is -2.36. The van der Waals surface area contributed by atoms with Crippen LogP contribution in [0, 0.1) is 5.41 Å². The van der Waals surface area contributed by atoms with E-state index in [1.54, 1.807) is 0 Å². The maximum atomic E-state index is 3.65. The fourth-order valence-electron chi connectivity index (χ4n) is 2.64. The fourth-order valence-corrected chi connectivity index (χ4v) is 3.03. The van der Waals surface area contributed by atoms with Crippen LogP contribution >= 0.6 is 15.9 Å². The molecule has 1 saturated carbocycles. The van der Waals surface area contributed by atoms with E-state index in [1.165, 1.54) is 31.4 Å². The topological polar surface area (TPSA) is 12.0 Å². The number of nitrogens with one attached hydrogen (secondary N) is 1. The maximum Gasteiger partial charge on any atom is 0.0353 e. The third kappa shape index (κ3) is 3.24. The minimum Gasteiger partial charge on any atom is -0.382 e. The smallest absolute Gasteiger partial charge is 0.0353 e. The number of benzene rings is 1. The summed E-state index contributed by atoms with van der Waals surface area (Å²) in [4.78, 5) is 0. The van der Waals surface area contributed by atoms with Gasteiger partial charge < -0.3 is 5.32 Å². The molecule has 2 rings (SSSR count). The fraction of sp³-hybridized carbons (Fsp3) is 0.571. The highest BCUT2D eigenvalue weighted by Crippen LogP contribution is 2.36. The Morgan fingerprint density at radius 2 is 2.19 bits per heavy atom. The second kappa shape index (κ2) is 4.79. The molecule has 1 N–H and O–H groups in total. The Labute approximate surface area is 107 Å². The Morgan fingerprint density at radius 1 is 1.38 bits per heavy atom. The highest BCUT2D eigenvalue weighted by Gasteiger charge is 2.27. The average molecular weight is 282 g/mol. The molecule has 0 saturated heterocycles. The zero-order valence-electron chi connectivity index (χ0n) is 10.1. The summed E-state index contributed by atoms with van der Waals surface area (Å²) in [5.41, 5.74) is 1.74. The molecule has 1 aliphatic rings. The molecule has 1 unspecified atom stereocenters. The van der Waals surface area contributed by atoms with Gasteiger partial charge in [0.05, 0.1) is 0 Å². The molecule has 0 aromatic heterocycles.